The van der Waals surface area contributed by atoms with Crippen LogP contribution in [0.3, 0.4) is 0 Å². The minimum absolute atomic E-state index is 0.755. The zero-order valence-electron chi connectivity index (χ0n) is 16.9. The van der Waals surface area contributed by atoms with Gasteiger partial charge in [0, 0.05) is 44.8 Å². The molecule has 3 aromatic rings. The largest absolute Gasteiger partial charge is 0.351 e. The summed E-state index contributed by atoms with van der Waals surface area (Å²) in [5.74, 6) is 1.74. The van der Waals surface area contributed by atoms with Crippen LogP contribution in [0, 0.1) is 0 Å². The third-order valence-electron chi connectivity index (χ3n) is 5.05. The van der Waals surface area contributed by atoms with Crippen LogP contribution in [0.15, 0.2) is 86.1 Å². The van der Waals surface area contributed by atoms with Gasteiger partial charge in [0.2, 0.25) is 5.95 Å². The van der Waals surface area contributed by atoms with E-state index in [4.69, 9.17) is 0 Å². The van der Waals surface area contributed by atoms with Crippen molar-refractivity contribution in [3.8, 4) is 0 Å². The molecule has 0 unspecified atom stereocenters. The Morgan fingerprint density at radius 1 is 1.00 bits per heavy atom. The molecule has 7 nitrogen and oxygen atoms in total. The van der Waals surface area contributed by atoms with E-state index in [1.807, 2.05) is 53.5 Å². The summed E-state index contributed by atoms with van der Waals surface area (Å²) in [6.45, 7) is 10.9. The molecule has 1 aliphatic heterocycles. The fraction of sp³-hybridized carbons (Fsp3) is 0.182. The van der Waals surface area contributed by atoms with Gasteiger partial charge in [0.1, 0.15) is 11.8 Å². The molecule has 4 rings (SSSR count). The molecule has 0 atom stereocenters. The van der Waals surface area contributed by atoms with E-state index in [1.165, 1.54) is 0 Å². The quantitative estimate of drug-likeness (QED) is 0.447. The van der Waals surface area contributed by atoms with Gasteiger partial charge in [0.05, 0.1) is 0 Å². The standard InChI is InChI=1S/C22H24BN7/c1-3-5-8-18(7-4-2)23-19-15-24-22(25-16-19)29-13-11-28(12-14-29)21-20-9-6-10-30(20)27-17-26-21/h3-10,15-17,23H,1-2,11-14H2/b8-5-,18-7+. The van der Waals surface area contributed by atoms with E-state index in [0.29, 0.717) is 0 Å². The van der Waals surface area contributed by atoms with Crippen LogP contribution in [0.2, 0.25) is 0 Å². The molecule has 0 radical (unpaired) electrons. The predicted molar refractivity (Wildman–Crippen MR) is 124 cm³/mol. The van der Waals surface area contributed by atoms with E-state index in [-0.39, 0.29) is 0 Å². The van der Waals surface area contributed by atoms with E-state index in [0.717, 1.165) is 61.7 Å². The molecule has 0 amide bonds. The Bertz CT molecular complexity index is 1080. The van der Waals surface area contributed by atoms with Crippen molar-refractivity contribution in [2.24, 2.45) is 0 Å². The summed E-state index contributed by atoms with van der Waals surface area (Å²) in [7, 11) is 0.755. The number of fused-ring (bicyclic) bond motifs is 1. The summed E-state index contributed by atoms with van der Waals surface area (Å²) < 4.78 is 1.86. The van der Waals surface area contributed by atoms with Crippen molar-refractivity contribution in [1.29, 1.82) is 0 Å². The first-order valence-electron chi connectivity index (χ1n) is 9.98. The zero-order valence-corrected chi connectivity index (χ0v) is 16.9. The number of hydrogen-bond acceptors (Lipinski definition) is 6. The lowest BCUT2D eigenvalue weighted by atomic mass is 9.64. The Balaban J connectivity index is 1.40. The molecule has 30 heavy (non-hydrogen) atoms. The van der Waals surface area contributed by atoms with E-state index in [9.17, 15) is 0 Å². The second-order valence-electron chi connectivity index (χ2n) is 7.04. The summed E-state index contributed by atoms with van der Waals surface area (Å²) in [4.78, 5) is 18.2. The third-order valence-corrected chi connectivity index (χ3v) is 5.05. The molecule has 0 saturated carbocycles. The minimum Gasteiger partial charge on any atom is -0.351 e. The first kappa shape index (κ1) is 19.6. The molecule has 4 heterocycles. The predicted octanol–water partition coefficient (Wildman–Crippen LogP) is 1.72. The Kier molecular flexibility index (Phi) is 6.03. The van der Waals surface area contributed by atoms with Crippen LogP contribution in [0.25, 0.3) is 5.52 Å². The highest BCUT2D eigenvalue weighted by Crippen LogP contribution is 2.20. The Morgan fingerprint density at radius 2 is 1.77 bits per heavy atom. The van der Waals surface area contributed by atoms with Crippen molar-refractivity contribution >= 4 is 30.0 Å². The smallest absolute Gasteiger partial charge is 0.225 e. The average molecular weight is 397 g/mol. The van der Waals surface area contributed by atoms with Crippen molar-refractivity contribution in [1.82, 2.24) is 24.6 Å². The zero-order chi connectivity index (χ0) is 20.8. The Morgan fingerprint density at radius 3 is 2.50 bits per heavy atom. The van der Waals surface area contributed by atoms with Gasteiger partial charge in [-0.25, -0.2) is 19.5 Å². The van der Waals surface area contributed by atoms with Crippen LogP contribution in [-0.4, -0.2) is 58.0 Å². The van der Waals surface area contributed by atoms with Gasteiger partial charge in [-0.1, -0.05) is 49.0 Å². The van der Waals surface area contributed by atoms with Crippen LogP contribution in [-0.2, 0) is 0 Å². The van der Waals surface area contributed by atoms with Crippen LogP contribution in [0.4, 0.5) is 11.8 Å². The molecule has 1 fully saturated rings. The highest BCUT2D eigenvalue weighted by atomic mass is 15.3. The lowest BCUT2D eigenvalue weighted by Crippen LogP contribution is -2.47. The first-order chi connectivity index (χ1) is 14.8. The van der Waals surface area contributed by atoms with E-state index >= 15 is 0 Å². The van der Waals surface area contributed by atoms with Crippen LogP contribution >= 0.6 is 0 Å². The van der Waals surface area contributed by atoms with Crippen LogP contribution < -0.4 is 15.3 Å². The number of allylic oxidation sites excluding steroid dienone is 6. The number of rotatable bonds is 7. The van der Waals surface area contributed by atoms with Gasteiger partial charge >= 0.3 is 0 Å². The second-order valence-corrected chi connectivity index (χ2v) is 7.04. The van der Waals surface area contributed by atoms with Gasteiger partial charge < -0.3 is 9.80 Å². The van der Waals surface area contributed by atoms with Gasteiger partial charge in [-0.3, -0.25) is 0 Å². The minimum atomic E-state index is 0.755. The molecule has 0 N–H and O–H groups in total. The topological polar surface area (TPSA) is 62.5 Å². The molecule has 1 saturated heterocycles. The van der Waals surface area contributed by atoms with Crippen molar-refractivity contribution in [2.75, 3.05) is 36.0 Å². The monoisotopic (exact) mass is 397 g/mol. The van der Waals surface area contributed by atoms with E-state index in [1.54, 1.807) is 18.5 Å². The molecular weight excluding hydrogens is 373 g/mol. The van der Waals surface area contributed by atoms with Gasteiger partial charge in [0.15, 0.2) is 13.1 Å². The normalized spacial score (nSPS) is 15.0. The van der Waals surface area contributed by atoms with Gasteiger partial charge in [0.25, 0.3) is 0 Å². The number of piperazine rings is 1. The van der Waals surface area contributed by atoms with Crippen molar-refractivity contribution in [3.63, 3.8) is 0 Å². The van der Waals surface area contributed by atoms with Crippen LogP contribution in [0.5, 0.6) is 0 Å². The second kappa shape index (κ2) is 9.22. The summed E-state index contributed by atoms with van der Waals surface area (Å²) in [6.07, 6.45) is 16.8. The fourth-order valence-electron chi connectivity index (χ4n) is 3.57. The van der Waals surface area contributed by atoms with Crippen molar-refractivity contribution in [2.45, 2.75) is 0 Å². The molecule has 150 valence electrons. The Labute approximate surface area is 177 Å². The fourth-order valence-corrected chi connectivity index (χ4v) is 3.57. The molecule has 3 aromatic heterocycles. The summed E-state index contributed by atoms with van der Waals surface area (Å²) >= 11 is 0. The number of hydrogen-bond donors (Lipinski definition) is 0. The maximum Gasteiger partial charge on any atom is 0.225 e. The molecule has 8 heteroatoms. The summed E-state index contributed by atoms with van der Waals surface area (Å²) in [5.41, 5.74) is 3.23. The first-order valence-corrected chi connectivity index (χ1v) is 9.98. The van der Waals surface area contributed by atoms with Gasteiger partial charge in [-0.15, -0.1) is 0 Å². The molecule has 0 aromatic carbocycles. The van der Waals surface area contributed by atoms with Crippen molar-refractivity contribution < 1.29 is 0 Å². The van der Waals surface area contributed by atoms with E-state index in [2.05, 4.69) is 43.0 Å². The van der Waals surface area contributed by atoms with Crippen LogP contribution in [0.1, 0.15) is 0 Å². The SMILES string of the molecule is C=C/C=C\C(Bc1cnc(N2CCN(c3ncnn4cccc34)CC2)nc1)=C/C=C. The number of nitrogens with zero attached hydrogens (tertiary/aromatic N) is 7. The highest BCUT2D eigenvalue weighted by Gasteiger charge is 2.21. The molecule has 0 bridgehead atoms. The molecular formula is C22H24BN7. The van der Waals surface area contributed by atoms with E-state index < -0.39 is 0 Å². The lowest BCUT2D eigenvalue weighted by Gasteiger charge is -2.35. The number of aromatic nitrogens is 5. The van der Waals surface area contributed by atoms with Crippen molar-refractivity contribution in [3.05, 3.63) is 86.1 Å². The Hall–Kier alpha value is -3.68. The summed E-state index contributed by atoms with van der Waals surface area (Å²) in [5, 5.41) is 4.25. The summed E-state index contributed by atoms with van der Waals surface area (Å²) in [6, 6.07) is 4.03. The molecule has 0 aliphatic carbocycles. The maximum atomic E-state index is 4.60. The van der Waals surface area contributed by atoms with Gasteiger partial charge in [-0.05, 0) is 17.6 Å². The highest BCUT2D eigenvalue weighted by molar-refractivity contribution is 6.61. The third kappa shape index (κ3) is 4.32. The average Bonchev–Trinajstić information content (AvgIpc) is 3.27. The number of anilines is 2. The molecule has 1 aliphatic rings. The van der Waals surface area contributed by atoms with Gasteiger partial charge in [-0.2, -0.15) is 5.10 Å². The maximum absolute atomic E-state index is 4.60. The lowest BCUT2D eigenvalue weighted by molar-refractivity contribution is 0.633. The molecule has 0 spiro atoms.